The third-order valence-electron chi connectivity index (χ3n) is 3.99. The number of rotatable bonds is 6. The van der Waals surface area contributed by atoms with Crippen molar-refractivity contribution in [3.8, 4) is 11.5 Å². The Hall–Kier alpha value is -1.26. The molecule has 1 heterocycles. The maximum atomic E-state index is 10.1. The quantitative estimate of drug-likeness (QED) is 0.808. The maximum absolute atomic E-state index is 10.1. The smallest absolute Gasteiger partial charge is 0.137 e. The van der Waals surface area contributed by atoms with Crippen molar-refractivity contribution < 1.29 is 19.5 Å². The molecule has 4 nitrogen and oxygen atoms in total. The molecule has 1 fully saturated rings. The van der Waals surface area contributed by atoms with Crippen molar-refractivity contribution in [1.29, 1.82) is 0 Å². The number of methoxy groups -OCH3 is 1. The topological polar surface area (TPSA) is 43.1 Å². The van der Waals surface area contributed by atoms with Crippen molar-refractivity contribution in [1.82, 2.24) is 0 Å². The van der Waals surface area contributed by atoms with Gasteiger partial charge in [0.25, 0.3) is 0 Å². The molecule has 4 heteroatoms. The van der Waals surface area contributed by atoms with Crippen molar-refractivity contribution in [3.63, 3.8) is 0 Å². The van der Waals surface area contributed by atoms with Crippen LogP contribution in [0, 0.1) is 5.92 Å². The molecule has 0 unspecified atom stereocenters. The van der Waals surface area contributed by atoms with Crippen LogP contribution >= 0.6 is 0 Å². The van der Waals surface area contributed by atoms with E-state index in [0.717, 1.165) is 37.1 Å². The monoisotopic (exact) mass is 280 g/mol. The SMILES string of the molecule is COc1cccc(OC[C@H](O)C[NH+]2CCC(C)CC2)c1. The molecular weight excluding hydrogens is 254 g/mol. The Morgan fingerprint density at radius 3 is 2.70 bits per heavy atom. The third kappa shape index (κ3) is 4.69. The summed E-state index contributed by atoms with van der Waals surface area (Å²) in [5.41, 5.74) is 0. The van der Waals surface area contributed by atoms with E-state index in [4.69, 9.17) is 9.47 Å². The Bertz CT molecular complexity index is 402. The number of quaternary nitrogens is 1. The highest BCUT2D eigenvalue weighted by Gasteiger charge is 2.21. The van der Waals surface area contributed by atoms with Crippen LogP contribution in [0.4, 0.5) is 0 Å². The van der Waals surface area contributed by atoms with Gasteiger partial charge in [-0.2, -0.15) is 0 Å². The highest BCUT2D eigenvalue weighted by atomic mass is 16.5. The second kappa shape index (κ2) is 7.50. The molecule has 2 rings (SSSR count). The highest BCUT2D eigenvalue weighted by Crippen LogP contribution is 2.18. The van der Waals surface area contributed by atoms with E-state index in [2.05, 4.69) is 6.92 Å². The number of ether oxygens (including phenoxy) is 2. The van der Waals surface area contributed by atoms with Crippen LogP contribution in [0.15, 0.2) is 24.3 Å². The summed E-state index contributed by atoms with van der Waals surface area (Å²) in [5, 5.41) is 10.1. The number of benzene rings is 1. The lowest BCUT2D eigenvalue weighted by Crippen LogP contribution is -3.14. The lowest BCUT2D eigenvalue weighted by molar-refractivity contribution is -0.909. The second-order valence-corrected chi connectivity index (χ2v) is 5.78. The molecule has 2 N–H and O–H groups in total. The molecule has 1 atom stereocenters. The molecule has 1 aliphatic heterocycles. The lowest BCUT2D eigenvalue weighted by atomic mass is 9.99. The molecule has 0 saturated carbocycles. The summed E-state index contributed by atoms with van der Waals surface area (Å²) < 4.78 is 10.8. The molecule has 0 amide bonds. The summed E-state index contributed by atoms with van der Waals surface area (Å²) in [4.78, 5) is 1.49. The minimum atomic E-state index is -0.412. The fourth-order valence-electron chi connectivity index (χ4n) is 2.65. The zero-order valence-corrected chi connectivity index (χ0v) is 12.5. The van der Waals surface area contributed by atoms with Gasteiger partial charge in [0.2, 0.25) is 0 Å². The number of nitrogens with one attached hydrogen (secondary N) is 1. The maximum Gasteiger partial charge on any atom is 0.137 e. The van der Waals surface area contributed by atoms with Gasteiger partial charge in [0.15, 0.2) is 0 Å². The molecule has 112 valence electrons. The zero-order valence-electron chi connectivity index (χ0n) is 12.5. The summed E-state index contributed by atoms with van der Waals surface area (Å²) in [6.07, 6.45) is 2.11. The average molecular weight is 280 g/mol. The minimum absolute atomic E-state index is 0.340. The van der Waals surface area contributed by atoms with Gasteiger partial charge in [0, 0.05) is 6.07 Å². The van der Waals surface area contributed by atoms with Crippen LogP contribution < -0.4 is 14.4 Å². The molecule has 1 saturated heterocycles. The first-order chi connectivity index (χ1) is 9.67. The van der Waals surface area contributed by atoms with E-state index >= 15 is 0 Å². The Labute approximate surface area is 121 Å². The Morgan fingerprint density at radius 1 is 1.30 bits per heavy atom. The number of aliphatic hydroxyl groups excluding tert-OH is 1. The lowest BCUT2D eigenvalue weighted by Gasteiger charge is -2.28. The fourth-order valence-corrected chi connectivity index (χ4v) is 2.65. The van der Waals surface area contributed by atoms with Gasteiger partial charge in [-0.05, 0) is 30.9 Å². The molecule has 0 aromatic heterocycles. The van der Waals surface area contributed by atoms with Crippen molar-refractivity contribution in [2.24, 2.45) is 5.92 Å². The van der Waals surface area contributed by atoms with E-state index in [1.54, 1.807) is 7.11 Å². The van der Waals surface area contributed by atoms with Crippen molar-refractivity contribution in [3.05, 3.63) is 24.3 Å². The van der Waals surface area contributed by atoms with Gasteiger partial charge in [-0.1, -0.05) is 13.0 Å². The number of hydrogen-bond donors (Lipinski definition) is 2. The zero-order chi connectivity index (χ0) is 14.4. The number of likely N-dealkylation sites (tertiary alicyclic amines) is 1. The van der Waals surface area contributed by atoms with Gasteiger partial charge in [-0.15, -0.1) is 0 Å². The predicted octanol–water partition coefficient (Wildman–Crippen LogP) is 0.750. The number of aliphatic hydroxyl groups is 1. The number of piperidine rings is 1. The van der Waals surface area contributed by atoms with E-state index in [9.17, 15) is 5.11 Å². The van der Waals surface area contributed by atoms with Crippen LogP contribution in [-0.4, -0.2) is 44.6 Å². The van der Waals surface area contributed by atoms with E-state index < -0.39 is 6.10 Å². The van der Waals surface area contributed by atoms with Gasteiger partial charge >= 0.3 is 0 Å². The fraction of sp³-hybridized carbons (Fsp3) is 0.625. The van der Waals surface area contributed by atoms with Gasteiger partial charge in [0.05, 0.1) is 20.2 Å². The van der Waals surface area contributed by atoms with Crippen molar-refractivity contribution in [2.45, 2.75) is 25.9 Å². The Morgan fingerprint density at radius 2 is 2.00 bits per heavy atom. The van der Waals surface area contributed by atoms with Crippen LogP contribution in [0.3, 0.4) is 0 Å². The standard InChI is InChI=1S/C16H25NO3/c1-13-6-8-17(9-7-13)11-14(18)12-20-16-5-3-4-15(10-16)19-2/h3-5,10,13-14,18H,6-9,11-12H2,1-2H3/p+1/t14-/m1/s1. The van der Waals surface area contributed by atoms with Crippen LogP contribution in [0.1, 0.15) is 19.8 Å². The number of hydrogen-bond acceptors (Lipinski definition) is 3. The molecular formula is C16H26NO3+. The van der Waals surface area contributed by atoms with Gasteiger partial charge in [-0.3, -0.25) is 0 Å². The van der Waals surface area contributed by atoms with E-state index in [-0.39, 0.29) is 0 Å². The summed E-state index contributed by atoms with van der Waals surface area (Å²) in [7, 11) is 1.63. The first-order valence-electron chi connectivity index (χ1n) is 7.46. The molecule has 20 heavy (non-hydrogen) atoms. The summed E-state index contributed by atoms with van der Waals surface area (Å²) in [6.45, 7) is 5.75. The predicted molar refractivity (Wildman–Crippen MR) is 78.5 cm³/mol. The molecule has 1 aromatic carbocycles. The third-order valence-corrected chi connectivity index (χ3v) is 3.99. The Balaban J connectivity index is 1.73. The summed E-state index contributed by atoms with van der Waals surface area (Å²) >= 11 is 0. The van der Waals surface area contributed by atoms with Gasteiger partial charge < -0.3 is 19.5 Å². The van der Waals surface area contributed by atoms with Crippen LogP contribution in [0.5, 0.6) is 11.5 Å². The normalized spacial score (nSPS) is 24.1. The first kappa shape index (κ1) is 15.1. The van der Waals surface area contributed by atoms with Crippen LogP contribution in [0.2, 0.25) is 0 Å². The molecule has 0 bridgehead atoms. The van der Waals surface area contributed by atoms with E-state index in [0.29, 0.717) is 6.61 Å². The van der Waals surface area contributed by atoms with Crippen molar-refractivity contribution in [2.75, 3.05) is 33.4 Å². The average Bonchev–Trinajstić information content (AvgIpc) is 2.48. The van der Waals surface area contributed by atoms with Gasteiger partial charge in [0.1, 0.15) is 30.8 Å². The molecule has 1 aromatic rings. The Kier molecular flexibility index (Phi) is 5.68. The van der Waals surface area contributed by atoms with Crippen molar-refractivity contribution >= 4 is 0 Å². The molecule has 0 aliphatic carbocycles. The summed E-state index contributed by atoms with van der Waals surface area (Å²) in [5.74, 6) is 2.35. The van der Waals surface area contributed by atoms with E-state index in [1.807, 2.05) is 24.3 Å². The largest absolute Gasteiger partial charge is 0.497 e. The molecule has 0 radical (unpaired) electrons. The summed E-state index contributed by atoms with van der Waals surface area (Å²) in [6, 6.07) is 7.48. The molecule has 1 aliphatic rings. The van der Waals surface area contributed by atoms with E-state index in [1.165, 1.54) is 17.7 Å². The molecule has 0 spiro atoms. The second-order valence-electron chi connectivity index (χ2n) is 5.78. The first-order valence-corrected chi connectivity index (χ1v) is 7.46. The van der Waals surface area contributed by atoms with Crippen LogP contribution in [0.25, 0.3) is 0 Å². The minimum Gasteiger partial charge on any atom is -0.497 e. The highest BCUT2D eigenvalue weighted by molar-refractivity contribution is 5.32. The van der Waals surface area contributed by atoms with Crippen LogP contribution in [-0.2, 0) is 0 Å². The van der Waals surface area contributed by atoms with Gasteiger partial charge in [-0.25, -0.2) is 0 Å².